The van der Waals surface area contributed by atoms with E-state index in [1.807, 2.05) is 12.2 Å². The molecule has 0 amide bonds. The highest BCUT2D eigenvalue weighted by molar-refractivity contribution is 5.70. The van der Waals surface area contributed by atoms with Crippen molar-refractivity contribution in [1.29, 1.82) is 0 Å². The van der Waals surface area contributed by atoms with Crippen molar-refractivity contribution in [3.05, 3.63) is 72.9 Å². The Morgan fingerprint density at radius 2 is 0.808 bits per heavy atom. The van der Waals surface area contributed by atoms with Crippen LogP contribution in [-0.4, -0.2) is 142 Å². The quantitative estimate of drug-likeness (QED) is 0.0171. The Bertz CT molecular complexity index is 1630. The highest BCUT2D eigenvalue weighted by Crippen LogP contribution is 2.27. The largest absolute Gasteiger partial charge is 0.462 e. The number of hydrogen-bond acceptors (Lipinski definition) is 15. The Labute approximate surface area is 470 Å². The fourth-order valence-corrected chi connectivity index (χ4v) is 9.30. The van der Waals surface area contributed by atoms with Crippen molar-refractivity contribution in [2.75, 3.05) is 26.4 Å². The molecule has 7 N–H and O–H groups in total. The molecule has 2 aliphatic heterocycles. The summed E-state index contributed by atoms with van der Waals surface area (Å²) >= 11 is 0. The molecule has 11 atom stereocenters. The van der Waals surface area contributed by atoms with Gasteiger partial charge in [0.05, 0.1) is 19.8 Å². The number of carbonyl (C=O) groups is 2. The zero-order chi connectivity index (χ0) is 56.7. The summed E-state index contributed by atoms with van der Waals surface area (Å²) in [7, 11) is 0. The number of esters is 2. The molecule has 0 aromatic heterocycles. The van der Waals surface area contributed by atoms with E-state index in [2.05, 4.69) is 74.6 Å². The van der Waals surface area contributed by atoms with Crippen LogP contribution < -0.4 is 0 Å². The van der Waals surface area contributed by atoms with Gasteiger partial charge in [-0.3, -0.25) is 9.59 Å². The van der Waals surface area contributed by atoms with Gasteiger partial charge >= 0.3 is 11.9 Å². The summed E-state index contributed by atoms with van der Waals surface area (Å²) < 4.78 is 33.6. The minimum Gasteiger partial charge on any atom is -0.462 e. The number of allylic oxidation sites excluding steroid dienone is 12. The Morgan fingerprint density at radius 3 is 1.24 bits per heavy atom. The summed E-state index contributed by atoms with van der Waals surface area (Å²) in [6.07, 6.45) is 43.7. The SMILES string of the molecule is CC/C=C\C/C=C\C/C=C\C/C=C\C/C=C\C/C=C\CCC(=O)OC(COC(=O)CCCCCCCCCCCCCCCCCCCCCCCCC)COC1OC(COC2OC(CO)C(O)C(O)C2O)C(O)C(O)C1O. The Kier molecular flexibility index (Phi) is 44.3. The number of carbonyl (C=O) groups excluding carboxylic acids is 2. The molecule has 2 fully saturated rings. The van der Waals surface area contributed by atoms with Gasteiger partial charge in [0.1, 0.15) is 55.4 Å². The Balaban J connectivity index is 1.75. The van der Waals surface area contributed by atoms with Crippen LogP contribution in [0.3, 0.4) is 0 Å². The summed E-state index contributed by atoms with van der Waals surface area (Å²) in [5.74, 6) is -1.02. The van der Waals surface area contributed by atoms with Crippen LogP contribution in [0.2, 0.25) is 0 Å². The number of rotatable bonds is 48. The molecule has 2 heterocycles. The molecule has 0 aromatic carbocycles. The fraction of sp³-hybridized carbons (Fsp3) is 0.778. The molecule has 2 saturated heterocycles. The minimum absolute atomic E-state index is 0.0386. The molecule has 11 unspecified atom stereocenters. The van der Waals surface area contributed by atoms with E-state index in [9.17, 15) is 45.3 Å². The molecule has 450 valence electrons. The Hall–Kier alpha value is -3.06. The third-order valence-electron chi connectivity index (χ3n) is 14.2. The van der Waals surface area contributed by atoms with Crippen molar-refractivity contribution in [3.63, 3.8) is 0 Å². The average Bonchev–Trinajstić information content (AvgIpc) is 3.43. The monoisotopic (exact) mass is 1100 g/mol. The van der Waals surface area contributed by atoms with E-state index in [-0.39, 0.29) is 19.4 Å². The molecule has 0 saturated carbocycles. The van der Waals surface area contributed by atoms with Gasteiger partial charge < -0.3 is 64.2 Å². The molecule has 0 radical (unpaired) electrons. The predicted molar refractivity (Wildman–Crippen MR) is 307 cm³/mol. The second kappa shape index (κ2) is 48.6. The zero-order valence-electron chi connectivity index (χ0n) is 48.1. The first-order valence-electron chi connectivity index (χ1n) is 30.5. The van der Waals surface area contributed by atoms with Crippen molar-refractivity contribution < 1.29 is 73.8 Å². The van der Waals surface area contributed by atoms with Gasteiger partial charge in [0.15, 0.2) is 18.7 Å². The van der Waals surface area contributed by atoms with E-state index in [4.69, 9.17) is 28.4 Å². The minimum atomic E-state index is -1.78. The van der Waals surface area contributed by atoms with Gasteiger partial charge in [-0.1, -0.05) is 228 Å². The maximum absolute atomic E-state index is 13.0. The maximum Gasteiger partial charge on any atom is 0.306 e. The normalized spacial score (nSPS) is 24.5. The number of hydrogen-bond donors (Lipinski definition) is 7. The highest BCUT2D eigenvalue weighted by Gasteiger charge is 2.47. The van der Waals surface area contributed by atoms with E-state index < -0.39 is 99.3 Å². The molecule has 0 aliphatic carbocycles. The van der Waals surface area contributed by atoms with Gasteiger partial charge in [-0.15, -0.1) is 0 Å². The van der Waals surface area contributed by atoms with E-state index in [1.165, 1.54) is 122 Å². The second-order valence-corrected chi connectivity index (χ2v) is 21.2. The van der Waals surface area contributed by atoms with Gasteiger partial charge in [0.25, 0.3) is 0 Å². The Morgan fingerprint density at radius 1 is 0.423 bits per heavy atom. The smallest absolute Gasteiger partial charge is 0.306 e. The molecule has 15 nitrogen and oxygen atoms in total. The molecule has 2 rings (SSSR count). The van der Waals surface area contributed by atoms with Crippen LogP contribution >= 0.6 is 0 Å². The van der Waals surface area contributed by atoms with Crippen LogP contribution in [0.15, 0.2) is 72.9 Å². The molecular formula is C63H108O15. The summed E-state index contributed by atoms with van der Waals surface area (Å²) in [6.45, 7) is 2.43. The topological polar surface area (TPSA) is 231 Å². The van der Waals surface area contributed by atoms with Gasteiger partial charge in [0, 0.05) is 12.8 Å². The van der Waals surface area contributed by atoms with E-state index in [1.54, 1.807) is 0 Å². The molecule has 0 bridgehead atoms. The fourth-order valence-electron chi connectivity index (χ4n) is 9.30. The van der Waals surface area contributed by atoms with Gasteiger partial charge in [-0.25, -0.2) is 0 Å². The van der Waals surface area contributed by atoms with E-state index >= 15 is 0 Å². The standard InChI is InChI=1S/C63H108O15/c1-3-5-7-9-11-13-15-17-19-21-23-24-25-26-28-29-31-33-35-37-39-41-43-45-54(65)73-48-51(76-55(66)46-44-42-40-38-36-34-32-30-27-22-20-18-16-14-12-10-8-6-4-2)49-74-62-61(72)59(70)57(68)53(78-62)50-75-63-60(71)58(69)56(67)52(47-64)77-63/h6,8,12,14,18,20,27,30,34,36,40,42,51-53,56-64,67-72H,3-5,7,9-11,13,15-17,19,21-26,28-29,31-33,35,37-39,41,43-50H2,1-2H3/b8-6-,14-12-,20-18-,30-27-,36-34-,42-40-. The third-order valence-corrected chi connectivity index (χ3v) is 14.2. The highest BCUT2D eigenvalue weighted by atomic mass is 16.7. The lowest BCUT2D eigenvalue weighted by molar-refractivity contribution is -0.332. The van der Waals surface area contributed by atoms with Crippen LogP contribution in [0.25, 0.3) is 0 Å². The van der Waals surface area contributed by atoms with Gasteiger partial charge in [-0.05, 0) is 51.4 Å². The van der Waals surface area contributed by atoms with E-state index in [0.29, 0.717) is 19.3 Å². The van der Waals surface area contributed by atoms with Crippen LogP contribution in [0.1, 0.15) is 219 Å². The van der Waals surface area contributed by atoms with Crippen LogP contribution in [0, 0.1) is 0 Å². The van der Waals surface area contributed by atoms with Crippen LogP contribution in [0.5, 0.6) is 0 Å². The lowest BCUT2D eigenvalue weighted by Gasteiger charge is -2.42. The first-order valence-corrected chi connectivity index (χ1v) is 30.5. The summed E-state index contributed by atoms with van der Waals surface area (Å²) in [4.78, 5) is 25.9. The number of aliphatic hydroxyl groups excluding tert-OH is 7. The summed E-state index contributed by atoms with van der Waals surface area (Å²) in [5.41, 5.74) is 0. The van der Waals surface area contributed by atoms with Crippen molar-refractivity contribution in [1.82, 2.24) is 0 Å². The number of ether oxygens (including phenoxy) is 6. The summed E-state index contributed by atoms with van der Waals surface area (Å²) in [6, 6.07) is 0. The van der Waals surface area contributed by atoms with E-state index in [0.717, 1.165) is 51.4 Å². The molecule has 78 heavy (non-hydrogen) atoms. The molecular weight excluding hydrogens is 997 g/mol. The van der Waals surface area contributed by atoms with Gasteiger partial charge in [0.2, 0.25) is 0 Å². The van der Waals surface area contributed by atoms with Gasteiger partial charge in [-0.2, -0.15) is 0 Å². The number of aliphatic hydroxyl groups is 7. The second-order valence-electron chi connectivity index (χ2n) is 21.2. The van der Waals surface area contributed by atoms with Crippen molar-refractivity contribution in [2.24, 2.45) is 0 Å². The predicted octanol–water partition coefficient (Wildman–Crippen LogP) is 10.9. The van der Waals surface area contributed by atoms with Crippen LogP contribution in [0.4, 0.5) is 0 Å². The zero-order valence-corrected chi connectivity index (χ0v) is 48.1. The first kappa shape index (κ1) is 71.0. The lowest BCUT2D eigenvalue weighted by Crippen LogP contribution is -2.61. The first-order chi connectivity index (χ1) is 38.0. The maximum atomic E-state index is 13.0. The number of unbranched alkanes of at least 4 members (excludes halogenated alkanes) is 22. The average molecular weight is 1110 g/mol. The lowest BCUT2D eigenvalue weighted by atomic mass is 9.98. The third kappa shape index (κ3) is 34.9. The molecule has 0 aromatic rings. The van der Waals surface area contributed by atoms with Crippen LogP contribution in [-0.2, 0) is 38.0 Å². The molecule has 2 aliphatic rings. The van der Waals surface area contributed by atoms with Crippen molar-refractivity contribution in [2.45, 2.75) is 287 Å². The molecule has 0 spiro atoms. The van der Waals surface area contributed by atoms with Crippen molar-refractivity contribution in [3.8, 4) is 0 Å². The summed E-state index contributed by atoms with van der Waals surface area (Å²) in [5, 5.41) is 72.3. The molecule has 15 heteroatoms. The van der Waals surface area contributed by atoms with Crippen molar-refractivity contribution >= 4 is 11.9 Å².